The van der Waals surface area contributed by atoms with Crippen molar-refractivity contribution >= 4 is 17.5 Å². The van der Waals surface area contributed by atoms with Crippen LogP contribution in [0, 0.1) is 5.92 Å². The van der Waals surface area contributed by atoms with Crippen molar-refractivity contribution in [3.8, 4) is 5.75 Å². The third kappa shape index (κ3) is 5.37. The summed E-state index contributed by atoms with van der Waals surface area (Å²) in [5.41, 5.74) is 1.27. The Bertz CT molecular complexity index is 776. The fraction of sp³-hybridized carbons (Fsp3) is 0.680. The minimum absolute atomic E-state index is 0.128. The van der Waals surface area contributed by atoms with Crippen LogP contribution in [0.4, 0.5) is 5.69 Å². The van der Waals surface area contributed by atoms with Crippen LogP contribution in [0.25, 0.3) is 0 Å². The molecular weight excluding hydrogens is 404 g/mol. The summed E-state index contributed by atoms with van der Waals surface area (Å²) in [6.45, 7) is 9.74. The summed E-state index contributed by atoms with van der Waals surface area (Å²) in [5, 5.41) is 0. The largest absolute Gasteiger partial charge is 0.497 e. The van der Waals surface area contributed by atoms with Gasteiger partial charge in [0, 0.05) is 57.9 Å². The van der Waals surface area contributed by atoms with Gasteiger partial charge in [-0.25, -0.2) is 0 Å². The lowest BCUT2D eigenvalue weighted by Gasteiger charge is -2.37. The second-order valence-electron chi connectivity index (χ2n) is 9.47. The van der Waals surface area contributed by atoms with Crippen LogP contribution >= 0.6 is 0 Å². The normalized spacial score (nSPS) is 22.2. The Morgan fingerprint density at radius 1 is 1.00 bits per heavy atom. The number of ether oxygens (including phenoxy) is 1. The van der Waals surface area contributed by atoms with Gasteiger partial charge < -0.3 is 24.3 Å². The predicted molar refractivity (Wildman–Crippen MR) is 126 cm³/mol. The number of benzene rings is 1. The molecular formula is C25H38N4O3. The average molecular weight is 443 g/mol. The van der Waals surface area contributed by atoms with E-state index in [-0.39, 0.29) is 17.9 Å². The predicted octanol–water partition coefficient (Wildman–Crippen LogP) is 2.46. The molecule has 2 amide bonds. The third-order valence-electron chi connectivity index (χ3n) is 7.40. The second kappa shape index (κ2) is 10.6. The van der Waals surface area contributed by atoms with Gasteiger partial charge in [0.2, 0.25) is 11.8 Å². The SMILES string of the molecule is COc1ccc(N2CCCN(CC3CCN(C(=O)[C@@H](C)N4CCCC4=O)CC3)CC2)cc1. The fourth-order valence-corrected chi connectivity index (χ4v) is 5.38. The maximum absolute atomic E-state index is 12.9. The van der Waals surface area contributed by atoms with Crippen molar-refractivity contribution in [1.29, 1.82) is 0 Å². The molecule has 0 bridgehead atoms. The molecule has 0 aromatic heterocycles. The van der Waals surface area contributed by atoms with Crippen molar-refractivity contribution in [2.75, 3.05) is 64.4 Å². The van der Waals surface area contributed by atoms with Gasteiger partial charge in [-0.2, -0.15) is 0 Å². The van der Waals surface area contributed by atoms with E-state index in [9.17, 15) is 9.59 Å². The van der Waals surface area contributed by atoms with Crippen molar-refractivity contribution < 1.29 is 14.3 Å². The Hall–Kier alpha value is -2.28. The number of amides is 2. The van der Waals surface area contributed by atoms with E-state index in [1.807, 2.05) is 24.0 Å². The molecule has 3 fully saturated rings. The maximum atomic E-state index is 12.9. The zero-order valence-corrected chi connectivity index (χ0v) is 19.7. The summed E-state index contributed by atoms with van der Waals surface area (Å²) in [6.07, 6.45) is 4.76. The number of anilines is 1. The summed E-state index contributed by atoms with van der Waals surface area (Å²) in [4.78, 5) is 33.7. The number of nitrogens with zero attached hydrogens (tertiary/aromatic N) is 4. The van der Waals surface area contributed by atoms with Crippen LogP contribution in [0.3, 0.4) is 0 Å². The smallest absolute Gasteiger partial charge is 0.245 e. The van der Waals surface area contributed by atoms with Crippen LogP contribution in [0.15, 0.2) is 24.3 Å². The molecule has 1 aromatic carbocycles. The zero-order chi connectivity index (χ0) is 22.5. The van der Waals surface area contributed by atoms with E-state index < -0.39 is 0 Å². The molecule has 0 aliphatic carbocycles. The Labute approximate surface area is 192 Å². The average Bonchev–Trinajstić information content (AvgIpc) is 3.12. The molecule has 32 heavy (non-hydrogen) atoms. The molecule has 3 heterocycles. The molecule has 0 N–H and O–H groups in total. The van der Waals surface area contributed by atoms with Crippen molar-refractivity contribution in [1.82, 2.24) is 14.7 Å². The van der Waals surface area contributed by atoms with Gasteiger partial charge in [0.05, 0.1) is 7.11 Å². The summed E-state index contributed by atoms with van der Waals surface area (Å²) in [7, 11) is 1.70. The summed E-state index contributed by atoms with van der Waals surface area (Å²) >= 11 is 0. The van der Waals surface area contributed by atoms with E-state index in [2.05, 4.69) is 21.9 Å². The van der Waals surface area contributed by atoms with E-state index in [1.54, 1.807) is 12.0 Å². The van der Waals surface area contributed by atoms with Gasteiger partial charge in [-0.15, -0.1) is 0 Å². The number of methoxy groups -OCH3 is 1. The third-order valence-corrected chi connectivity index (χ3v) is 7.40. The molecule has 4 rings (SSSR count). The summed E-state index contributed by atoms with van der Waals surface area (Å²) in [5.74, 6) is 1.81. The molecule has 3 saturated heterocycles. The molecule has 0 unspecified atom stereocenters. The highest BCUT2D eigenvalue weighted by atomic mass is 16.5. The molecule has 3 aliphatic rings. The van der Waals surface area contributed by atoms with E-state index in [1.165, 1.54) is 12.1 Å². The first kappa shape index (κ1) is 22.9. The Balaban J connectivity index is 1.22. The van der Waals surface area contributed by atoms with Crippen molar-refractivity contribution in [3.05, 3.63) is 24.3 Å². The highest BCUT2D eigenvalue weighted by molar-refractivity contribution is 5.88. The highest BCUT2D eigenvalue weighted by Crippen LogP contribution is 2.24. The van der Waals surface area contributed by atoms with Crippen LogP contribution in [-0.2, 0) is 9.59 Å². The van der Waals surface area contributed by atoms with Crippen LogP contribution in [0.5, 0.6) is 5.75 Å². The van der Waals surface area contributed by atoms with Crippen molar-refractivity contribution in [2.24, 2.45) is 5.92 Å². The number of hydrogen-bond acceptors (Lipinski definition) is 5. The monoisotopic (exact) mass is 442 g/mol. The van der Waals surface area contributed by atoms with Crippen LogP contribution in [-0.4, -0.2) is 92.0 Å². The van der Waals surface area contributed by atoms with Gasteiger partial charge in [0.1, 0.15) is 11.8 Å². The standard InChI is InChI=1S/C25H38N4O3/c1-20(29-14-3-5-24(29)30)25(31)28-15-10-21(11-16-28)19-26-12-4-13-27(18-17-26)22-6-8-23(32-2)9-7-22/h6-9,20-21H,3-5,10-19H2,1-2H3/t20-/m1/s1. The number of rotatable bonds is 6. The molecule has 1 atom stereocenters. The number of carbonyl (C=O) groups excluding carboxylic acids is 2. The van der Waals surface area contributed by atoms with Crippen LogP contribution < -0.4 is 9.64 Å². The zero-order valence-electron chi connectivity index (χ0n) is 19.7. The van der Waals surface area contributed by atoms with Crippen molar-refractivity contribution in [2.45, 2.75) is 45.1 Å². The molecule has 176 valence electrons. The summed E-state index contributed by atoms with van der Waals surface area (Å²) < 4.78 is 5.28. The lowest BCUT2D eigenvalue weighted by atomic mass is 9.95. The number of carbonyl (C=O) groups is 2. The molecule has 0 spiro atoms. The quantitative estimate of drug-likeness (QED) is 0.677. The number of hydrogen-bond donors (Lipinski definition) is 0. The Morgan fingerprint density at radius 2 is 1.75 bits per heavy atom. The summed E-state index contributed by atoms with van der Waals surface area (Å²) in [6, 6.07) is 8.06. The van der Waals surface area contributed by atoms with E-state index in [0.29, 0.717) is 12.3 Å². The minimum atomic E-state index is -0.309. The van der Waals surface area contributed by atoms with E-state index in [0.717, 1.165) is 77.4 Å². The fourth-order valence-electron chi connectivity index (χ4n) is 5.38. The Morgan fingerprint density at radius 3 is 2.41 bits per heavy atom. The topological polar surface area (TPSA) is 56.3 Å². The van der Waals surface area contributed by atoms with E-state index >= 15 is 0 Å². The van der Waals surface area contributed by atoms with Gasteiger partial charge >= 0.3 is 0 Å². The van der Waals surface area contributed by atoms with Crippen LogP contribution in [0.1, 0.15) is 39.0 Å². The number of likely N-dealkylation sites (tertiary alicyclic amines) is 2. The lowest BCUT2D eigenvalue weighted by molar-refractivity contribution is -0.143. The number of piperidine rings is 1. The first-order valence-electron chi connectivity index (χ1n) is 12.2. The lowest BCUT2D eigenvalue weighted by Crippen LogP contribution is -2.50. The first-order valence-corrected chi connectivity index (χ1v) is 12.2. The van der Waals surface area contributed by atoms with Crippen molar-refractivity contribution in [3.63, 3.8) is 0 Å². The molecule has 1 aromatic rings. The van der Waals surface area contributed by atoms with Gasteiger partial charge in [-0.1, -0.05) is 0 Å². The van der Waals surface area contributed by atoms with Crippen LogP contribution in [0.2, 0.25) is 0 Å². The van der Waals surface area contributed by atoms with Gasteiger partial charge in [0.25, 0.3) is 0 Å². The van der Waals surface area contributed by atoms with Gasteiger partial charge in [-0.05, 0) is 69.3 Å². The Kier molecular flexibility index (Phi) is 7.55. The molecule has 0 saturated carbocycles. The van der Waals surface area contributed by atoms with E-state index in [4.69, 9.17) is 4.74 Å². The highest BCUT2D eigenvalue weighted by Gasteiger charge is 2.33. The van der Waals surface area contributed by atoms with Gasteiger partial charge in [-0.3, -0.25) is 9.59 Å². The maximum Gasteiger partial charge on any atom is 0.245 e. The second-order valence-corrected chi connectivity index (χ2v) is 9.47. The first-order chi connectivity index (χ1) is 15.5. The molecule has 3 aliphatic heterocycles. The minimum Gasteiger partial charge on any atom is -0.497 e. The molecule has 0 radical (unpaired) electrons. The van der Waals surface area contributed by atoms with Gasteiger partial charge in [0.15, 0.2) is 0 Å². The molecule has 7 nitrogen and oxygen atoms in total. The molecule has 7 heteroatoms.